The molecule has 0 saturated heterocycles. The van der Waals surface area contributed by atoms with Crippen molar-refractivity contribution in [2.24, 2.45) is 0 Å². The number of nitrogens with zero attached hydrogens (tertiary/aromatic N) is 1. The average Bonchev–Trinajstić information content (AvgIpc) is 2.21. The third-order valence-corrected chi connectivity index (χ3v) is 2.00. The van der Waals surface area contributed by atoms with Crippen molar-refractivity contribution in [1.82, 2.24) is 0 Å². The van der Waals surface area contributed by atoms with Gasteiger partial charge in [0.1, 0.15) is 0 Å². The van der Waals surface area contributed by atoms with Crippen molar-refractivity contribution in [1.29, 1.82) is 5.26 Å². The van der Waals surface area contributed by atoms with Crippen LogP contribution in [0.2, 0.25) is 0 Å². The summed E-state index contributed by atoms with van der Waals surface area (Å²) in [6.45, 7) is 1.98. The second kappa shape index (κ2) is 5.32. The highest BCUT2D eigenvalue weighted by Crippen LogP contribution is 2.09. The molecule has 0 bridgehead atoms. The first kappa shape index (κ1) is 10.6. The first-order valence-electron chi connectivity index (χ1n) is 4.33. The zero-order chi connectivity index (χ0) is 10.4. The minimum atomic E-state index is 0.546. The Morgan fingerprint density at radius 1 is 1.43 bits per heavy atom. The highest BCUT2D eigenvalue weighted by molar-refractivity contribution is 6.18. The second-order valence-electron chi connectivity index (χ2n) is 2.88. The second-order valence-corrected chi connectivity index (χ2v) is 3.26. The fourth-order valence-corrected chi connectivity index (χ4v) is 1.13. The van der Waals surface area contributed by atoms with E-state index in [4.69, 9.17) is 16.9 Å². The molecule has 0 spiro atoms. The first-order chi connectivity index (χ1) is 6.77. The zero-order valence-corrected chi connectivity index (χ0v) is 8.73. The summed E-state index contributed by atoms with van der Waals surface area (Å²) in [5.41, 5.74) is 2.64. The topological polar surface area (TPSA) is 23.8 Å². The molecule has 2 heteroatoms. The van der Waals surface area contributed by atoms with Crippen LogP contribution in [0.3, 0.4) is 0 Å². The predicted molar refractivity (Wildman–Crippen MR) is 58.1 cm³/mol. The number of alkyl halides is 1. The average molecular weight is 204 g/mol. The minimum Gasteiger partial charge on any atom is -0.192 e. The number of halogens is 1. The molecule has 0 radical (unpaired) electrons. The van der Waals surface area contributed by atoms with Gasteiger partial charge in [-0.15, -0.1) is 11.6 Å². The van der Waals surface area contributed by atoms with E-state index in [-0.39, 0.29) is 0 Å². The summed E-state index contributed by atoms with van der Waals surface area (Å²) < 4.78 is 0. The molecule has 0 amide bonds. The van der Waals surface area contributed by atoms with Gasteiger partial charge in [-0.1, -0.05) is 17.9 Å². The van der Waals surface area contributed by atoms with Crippen LogP contribution in [-0.4, -0.2) is 5.88 Å². The Kier molecular flexibility index (Phi) is 4.05. The van der Waals surface area contributed by atoms with Gasteiger partial charge in [0.2, 0.25) is 0 Å². The van der Waals surface area contributed by atoms with Crippen LogP contribution >= 0.6 is 11.6 Å². The summed E-state index contributed by atoms with van der Waals surface area (Å²) >= 11 is 5.51. The van der Waals surface area contributed by atoms with Crippen molar-refractivity contribution in [2.45, 2.75) is 13.3 Å². The van der Waals surface area contributed by atoms with E-state index in [1.54, 1.807) is 12.1 Å². The third-order valence-electron chi connectivity index (χ3n) is 1.81. The Bertz CT molecular complexity index is 418. The van der Waals surface area contributed by atoms with Gasteiger partial charge in [-0.25, -0.2) is 0 Å². The number of aryl methyl sites for hydroxylation is 1. The van der Waals surface area contributed by atoms with Gasteiger partial charge >= 0.3 is 0 Å². The molecule has 1 aromatic rings. The molecule has 0 aliphatic rings. The summed E-state index contributed by atoms with van der Waals surface area (Å²) in [4.78, 5) is 0. The lowest BCUT2D eigenvalue weighted by molar-refractivity contribution is 1.29. The van der Waals surface area contributed by atoms with Crippen molar-refractivity contribution >= 4 is 11.6 Å². The largest absolute Gasteiger partial charge is 0.192 e. The van der Waals surface area contributed by atoms with E-state index in [9.17, 15) is 0 Å². The molecule has 1 aromatic carbocycles. The van der Waals surface area contributed by atoms with Crippen molar-refractivity contribution in [2.75, 3.05) is 5.88 Å². The molecule has 0 saturated carbocycles. The van der Waals surface area contributed by atoms with E-state index in [1.807, 2.05) is 13.0 Å². The fraction of sp³-hybridized carbons (Fsp3) is 0.250. The van der Waals surface area contributed by atoms with E-state index in [0.29, 0.717) is 17.9 Å². The summed E-state index contributed by atoms with van der Waals surface area (Å²) in [6, 6.07) is 7.59. The van der Waals surface area contributed by atoms with Crippen molar-refractivity contribution in [3.63, 3.8) is 0 Å². The van der Waals surface area contributed by atoms with E-state index in [2.05, 4.69) is 17.9 Å². The molecule has 0 N–H and O–H groups in total. The van der Waals surface area contributed by atoms with Gasteiger partial charge in [0.25, 0.3) is 0 Å². The molecule has 14 heavy (non-hydrogen) atoms. The Balaban J connectivity index is 2.98. The normalized spacial score (nSPS) is 8.64. The number of nitriles is 1. The van der Waals surface area contributed by atoms with Crippen molar-refractivity contribution < 1.29 is 0 Å². The first-order valence-corrected chi connectivity index (χ1v) is 4.87. The summed E-state index contributed by atoms with van der Waals surface area (Å²) in [5, 5.41) is 8.71. The highest BCUT2D eigenvalue weighted by Gasteiger charge is 1.96. The highest BCUT2D eigenvalue weighted by atomic mass is 35.5. The van der Waals surface area contributed by atoms with Gasteiger partial charge in [0.05, 0.1) is 11.6 Å². The molecule has 0 aromatic heterocycles. The van der Waals surface area contributed by atoms with Crippen LogP contribution in [0.5, 0.6) is 0 Å². The van der Waals surface area contributed by atoms with Gasteiger partial charge in [-0.2, -0.15) is 5.26 Å². The Morgan fingerprint density at radius 3 is 2.86 bits per heavy atom. The summed E-state index contributed by atoms with van der Waals surface area (Å²) in [5.74, 6) is 6.50. The summed E-state index contributed by atoms with van der Waals surface area (Å²) in [6.07, 6.45) is 0.678. The summed E-state index contributed by atoms with van der Waals surface area (Å²) in [7, 11) is 0. The van der Waals surface area contributed by atoms with Crippen molar-refractivity contribution in [3.05, 3.63) is 34.9 Å². The third kappa shape index (κ3) is 2.80. The molecule has 1 nitrogen and oxygen atoms in total. The molecule has 0 aliphatic carbocycles. The van der Waals surface area contributed by atoms with E-state index in [1.165, 1.54) is 0 Å². The number of benzene rings is 1. The Morgan fingerprint density at radius 2 is 2.21 bits per heavy atom. The lowest BCUT2D eigenvalue weighted by Gasteiger charge is -1.97. The molecule has 0 fully saturated rings. The molecule has 0 unspecified atom stereocenters. The number of hydrogen-bond donors (Lipinski definition) is 0. The van der Waals surface area contributed by atoms with Crippen LogP contribution in [0.4, 0.5) is 0 Å². The van der Waals surface area contributed by atoms with E-state index < -0.39 is 0 Å². The molecule has 0 aliphatic heterocycles. The van der Waals surface area contributed by atoms with Crippen LogP contribution in [0.15, 0.2) is 18.2 Å². The molecular weight excluding hydrogens is 194 g/mol. The number of hydrogen-bond acceptors (Lipinski definition) is 1. The van der Waals surface area contributed by atoms with Crippen LogP contribution < -0.4 is 0 Å². The smallest absolute Gasteiger partial charge is 0.0992 e. The van der Waals surface area contributed by atoms with Crippen molar-refractivity contribution in [3.8, 4) is 17.9 Å². The molecule has 1 rings (SSSR count). The molecule has 0 heterocycles. The zero-order valence-electron chi connectivity index (χ0n) is 7.97. The monoisotopic (exact) mass is 203 g/mol. The number of rotatable bonds is 1. The van der Waals surface area contributed by atoms with Crippen LogP contribution in [0.1, 0.15) is 23.1 Å². The molecule has 0 atom stereocenters. The fourth-order valence-electron chi connectivity index (χ4n) is 1.03. The maximum absolute atomic E-state index is 8.71. The Hall–Kier alpha value is -1.44. The molecule has 70 valence electrons. The maximum Gasteiger partial charge on any atom is 0.0992 e. The van der Waals surface area contributed by atoms with Gasteiger partial charge in [0, 0.05) is 17.9 Å². The van der Waals surface area contributed by atoms with Crippen LogP contribution in [0, 0.1) is 30.1 Å². The Labute approximate surface area is 89.3 Å². The van der Waals surface area contributed by atoms with Gasteiger partial charge < -0.3 is 0 Å². The van der Waals surface area contributed by atoms with E-state index in [0.717, 1.165) is 11.1 Å². The van der Waals surface area contributed by atoms with Crippen LogP contribution in [0.25, 0.3) is 0 Å². The maximum atomic E-state index is 8.71. The predicted octanol–water partition coefficient (Wildman–Crippen LogP) is 2.85. The van der Waals surface area contributed by atoms with Gasteiger partial charge in [-0.3, -0.25) is 0 Å². The standard InChI is InChI=1S/C12H10ClN/c1-10-5-6-11(9-14)8-12(10)4-2-3-7-13/h5-6,8H,3,7H2,1H3. The molecular formula is C12H10ClN. The van der Waals surface area contributed by atoms with Gasteiger partial charge in [-0.05, 0) is 24.6 Å². The lowest BCUT2D eigenvalue weighted by Crippen LogP contribution is -1.84. The quantitative estimate of drug-likeness (QED) is 0.509. The van der Waals surface area contributed by atoms with Gasteiger partial charge in [0.15, 0.2) is 0 Å². The lowest BCUT2D eigenvalue weighted by atomic mass is 10.1. The minimum absolute atomic E-state index is 0.546. The van der Waals surface area contributed by atoms with Crippen LogP contribution in [-0.2, 0) is 0 Å². The SMILES string of the molecule is Cc1ccc(C#N)cc1C#CCCCl. The van der Waals surface area contributed by atoms with E-state index >= 15 is 0 Å².